The van der Waals surface area contributed by atoms with E-state index in [-0.39, 0.29) is 11.1 Å². The zero-order valence-corrected chi connectivity index (χ0v) is 20.3. The number of thiophene rings is 1. The monoisotopic (exact) mass is 486 g/mol. The molecular formula is C26H22N4O2S2. The summed E-state index contributed by atoms with van der Waals surface area (Å²) < 4.78 is 3.28. The van der Waals surface area contributed by atoms with Crippen LogP contribution in [-0.2, 0) is 18.6 Å². The molecule has 1 aromatic carbocycles. The Kier molecular flexibility index (Phi) is 5.34. The molecule has 0 N–H and O–H groups in total. The van der Waals surface area contributed by atoms with E-state index in [2.05, 4.69) is 0 Å². The molecule has 8 heteroatoms. The first kappa shape index (κ1) is 21.3. The standard InChI is InChI=1S/C26H22N4O2S2/c1-16-8-7-13-29-21(31)14-17(27-23(16)29)15-33-26-28-24-22(19-11-5-6-12-20(19)34-24)25(32)30(26)18-9-3-2-4-10-18/h2-4,7-10,13-14H,5-6,11-12,15H2,1H3. The first-order valence-electron chi connectivity index (χ1n) is 11.3. The van der Waals surface area contributed by atoms with Crippen LogP contribution in [0.25, 0.3) is 21.6 Å². The van der Waals surface area contributed by atoms with Crippen LogP contribution in [0.3, 0.4) is 0 Å². The first-order valence-corrected chi connectivity index (χ1v) is 13.1. The minimum absolute atomic E-state index is 0.0134. The Balaban J connectivity index is 1.48. The quantitative estimate of drug-likeness (QED) is 0.266. The van der Waals surface area contributed by atoms with Crippen LogP contribution in [0, 0.1) is 6.92 Å². The highest BCUT2D eigenvalue weighted by Gasteiger charge is 2.23. The third kappa shape index (κ3) is 3.58. The van der Waals surface area contributed by atoms with Crippen molar-refractivity contribution in [2.75, 3.05) is 0 Å². The average Bonchev–Trinajstić information content (AvgIpc) is 3.23. The molecule has 1 aliphatic carbocycles. The third-order valence-electron chi connectivity index (χ3n) is 6.26. The SMILES string of the molecule is Cc1cccn2c(=O)cc(CSc3nc4sc5c(c4c(=O)n3-c3ccccc3)CCCC5)nc12. The fourth-order valence-corrected chi connectivity index (χ4v) is 6.82. The van der Waals surface area contributed by atoms with E-state index in [0.29, 0.717) is 22.3 Å². The van der Waals surface area contributed by atoms with Gasteiger partial charge < -0.3 is 0 Å². The second kappa shape index (κ2) is 8.52. The Morgan fingerprint density at radius 2 is 1.85 bits per heavy atom. The summed E-state index contributed by atoms with van der Waals surface area (Å²) in [5, 5.41) is 1.39. The van der Waals surface area contributed by atoms with Gasteiger partial charge in [-0.25, -0.2) is 9.97 Å². The summed E-state index contributed by atoms with van der Waals surface area (Å²) in [6.07, 6.45) is 5.97. The molecule has 0 atom stereocenters. The van der Waals surface area contributed by atoms with Crippen molar-refractivity contribution in [2.45, 2.75) is 43.5 Å². The number of fused-ring (bicyclic) bond motifs is 4. The number of hydrogen-bond donors (Lipinski definition) is 0. The van der Waals surface area contributed by atoms with E-state index in [9.17, 15) is 9.59 Å². The Labute approximate surface area is 203 Å². The topological polar surface area (TPSA) is 69.3 Å². The molecule has 0 radical (unpaired) electrons. The summed E-state index contributed by atoms with van der Waals surface area (Å²) in [5.74, 6) is 0.440. The molecule has 4 aromatic heterocycles. The lowest BCUT2D eigenvalue weighted by Gasteiger charge is -2.13. The molecule has 4 heterocycles. The van der Waals surface area contributed by atoms with E-state index >= 15 is 0 Å². The van der Waals surface area contributed by atoms with Gasteiger partial charge in [0.15, 0.2) is 5.16 Å². The van der Waals surface area contributed by atoms with Crippen molar-refractivity contribution in [3.8, 4) is 5.69 Å². The molecule has 0 saturated heterocycles. The van der Waals surface area contributed by atoms with Crippen LogP contribution in [0.15, 0.2) is 69.5 Å². The van der Waals surface area contributed by atoms with Crippen LogP contribution in [-0.4, -0.2) is 18.9 Å². The number of nitrogens with zero attached hydrogens (tertiary/aromatic N) is 4. The largest absolute Gasteiger partial charge is 0.269 e. The van der Waals surface area contributed by atoms with Gasteiger partial charge in [-0.3, -0.25) is 18.6 Å². The van der Waals surface area contributed by atoms with E-state index in [1.54, 1.807) is 32.6 Å². The van der Waals surface area contributed by atoms with Gasteiger partial charge in [0, 0.05) is 22.9 Å². The number of hydrogen-bond acceptors (Lipinski definition) is 6. The van der Waals surface area contributed by atoms with Gasteiger partial charge in [-0.1, -0.05) is 36.0 Å². The highest BCUT2D eigenvalue weighted by atomic mass is 32.2. The maximum absolute atomic E-state index is 13.8. The van der Waals surface area contributed by atoms with Gasteiger partial charge in [0.05, 0.1) is 16.8 Å². The van der Waals surface area contributed by atoms with Crippen molar-refractivity contribution in [3.05, 3.63) is 97.1 Å². The smallest absolute Gasteiger partial charge is 0.267 e. The van der Waals surface area contributed by atoms with Crippen LogP contribution < -0.4 is 11.1 Å². The summed E-state index contributed by atoms with van der Waals surface area (Å²) in [5.41, 5.74) is 4.12. The Morgan fingerprint density at radius 3 is 2.71 bits per heavy atom. The summed E-state index contributed by atoms with van der Waals surface area (Å²) in [7, 11) is 0. The maximum atomic E-state index is 13.8. The number of aryl methyl sites for hydroxylation is 3. The van der Waals surface area contributed by atoms with Crippen molar-refractivity contribution in [3.63, 3.8) is 0 Å². The lowest BCUT2D eigenvalue weighted by Crippen LogP contribution is -2.22. The van der Waals surface area contributed by atoms with Gasteiger partial charge >= 0.3 is 0 Å². The van der Waals surface area contributed by atoms with Gasteiger partial charge in [0.2, 0.25) is 0 Å². The summed E-state index contributed by atoms with van der Waals surface area (Å²) >= 11 is 3.09. The Bertz CT molecular complexity index is 1670. The molecule has 0 fully saturated rings. The lowest BCUT2D eigenvalue weighted by atomic mass is 9.97. The normalized spacial score (nSPS) is 13.4. The molecule has 0 saturated carbocycles. The van der Waals surface area contributed by atoms with Crippen molar-refractivity contribution in [1.29, 1.82) is 0 Å². The highest BCUT2D eigenvalue weighted by molar-refractivity contribution is 7.98. The van der Waals surface area contributed by atoms with Crippen LogP contribution in [0.1, 0.15) is 34.5 Å². The minimum atomic E-state index is -0.112. The molecule has 0 aliphatic heterocycles. The fraction of sp³-hybridized carbons (Fsp3) is 0.231. The number of benzene rings is 1. The molecule has 0 unspecified atom stereocenters. The van der Waals surface area contributed by atoms with Gasteiger partial charge in [0.25, 0.3) is 11.1 Å². The lowest BCUT2D eigenvalue weighted by molar-refractivity contribution is 0.699. The fourth-order valence-electron chi connectivity index (χ4n) is 4.61. The zero-order valence-electron chi connectivity index (χ0n) is 18.7. The van der Waals surface area contributed by atoms with E-state index in [1.807, 2.05) is 49.4 Å². The number of rotatable bonds is 4. The number of aromatic nitrogens is 4. The van der Waals surface area contributed by atoms with E-state index in [4.69, 9.17) is 9.97 Å². The second-order valence-electron chi connectivity index (χ2n) is 8.52. The molecule has 0 amide bonds. The molecule has 6 rings (SSSR count). The van der Waals surface area contributed by atoms with Crippen LogP contribution in [0.4, 0.5) is 0 Å². The zero-order chi connectivity index (χ0) is 23.2. The van der Waals surface area contributed by atoms with E-state index < -0.39 is 0 Å². The molecule has 34 heavy (non-hydrogen) atoms. The summed E-state index contributed by atoms with van der Waals surface area (Å²) in [6, 6.07) is 15.0. The molecule has 5 aromatic rings. The van der Waals surface area contributed by atoms with Crippen molar-refractivity contribution >= 4 is 39.0 Å². The molecule has 0 bridgehead atoms. The number of pyridine rings is 1. The van der Waals surface area contributed by atoms with Crippen LogP contribution >= 0.6 is 23.1 Å². The van der Waals surface area contributed by atoms with E-state index in [0.717, 1.165) is 47.2 Å². The minimum Gasteiger partial charge on any atom is -0.269 e. The molecule has 6 nitrogen and oxygen atoms in total. The Morgan fingerprint density at radius 1 is 1.03 bits per heavy atom. The van der Waals surface area contributed by atoms with Crippen molar-refractivity contribution < 1.29 is 0 Å². The Hall–Kier alpha value is -3.23. The van der Waals surface area contributed by atoms with Crippen LogP contribution in [0.2, 0.25) is 0 Å². The number of thioether (sulfide) groups is 1. The van der Waals surface area contributed by atoms with Gasteiger partial charge in [-0.15, -0.1) is 11.3 Å². The van der Waals surface area contributed by atoms with Gasteiger partial charge in [-0.2, -0.15) is 0 Å². The average molecular weight is 487 g/mol. The van der Waals surface area contributed by atoms with Gasteiger partial charge in [-0.05, 0) is 61.9 Å². The summed E-state index contributed by atoms with van der Waals surface area (Å²) in [4.78, 5) is 38.3. The third-order valence-corrected chi connectivity index (χ3v) is 8.42. The number of para-hydroxylation sites is 1. The van der Waals surface area contributed by atoms with Crippen molar-refractivity contribution in [1.82, 2.24) is 18.9 Å². The maximum Gasteiger partial charge on any atom is 0.267 e. The van der Waals surface area contributed by atoms with Crippen LogP contribution in [0.5, 0.6) is 0 Å². The summed E-state index contributed by atoms with van der Waals surface area (Å²) in [6.45, 7) is 1.94. The van der Waals surface area contributed by atoms with Gasteiger partial charge in [0.1, 0.15) is 10.5 Å². The highest BCUT2D eigenvalue weighted by Crippen LogP contribution is 2.35. The predicted molar refractivity (Wildman–Crippen MR) is 138 cm³/mol. The predicted octanol–water partition coefficient (Wildman–Crippen LogP) is 4.93. The van der Waals surface area contributed by atoms with Crippen molar-refractivity contribution in [2.24, 2.45) is 0 Å². The molecule has 1 aliphatic rings. The molecule has 0 spiro atoms. The second-order valence-corrected chi connectivity index (χ2v) is 10.5. The molecular weight excluding hydrogens is 464 g/mol. The molecule has 170 valence electrons. The van der Waals surface area contributed by atoms with E-state index in [1.165, 1.54) is 22.2 Å². The first-order chi connectivity index (χ1) is 16.6.